The van der Waals surface area contributed by atoms with Gasteiger partial charge in [-0.3, -0.25) is 9.69 Å². The summed E-state index contributed by atoms with van der Waals surface area (Å²) in [6, 6.07) is 0. The molecule has 0 saturated carbocycles. The highest BCUT2D eigenvalue weighted by Gasteiger charge is 2.22. The molecular weight excluding hydrogens is 246 g/mol. The van der Waals surface area contributed by atoms with E-state index in [0.29, 0.717) is 18.4 Å². The van der Waals surface area contributed by atoms with Crippen LogP contribution in [0.4, 0.5) is 0 Å². The zero-order valence-corrected chi connectivity index (χ0v) is 11.3. The molecule has 19 heavy (non-hydrogen) atoms. The molecule has 0 atom stereocenters. The minimum absolute atomic E-state index is 0.288. The smallest absolute Gasteiger partial charge is 0.303 e. The molecule has 0 unspecified atom stereocenters. The fraction of sp³-hybridized carbons (Fsp3) is 0.769. The number of hydrogen-bond acceptors (Lipinski definition) is 5. The second kappa shape index (κ2) is 6.65. The maximum atomic E-state index is 10.7. The van der Waals surface area contributed by atoms with Gasteiger partial charge >= 0.3 is 5.97 Å². The number of carboxylic acid groups (broad SMARTS) is 1. The first kappa shape index (κ1) is 14.0. The van der Waals surface area contributed by atoms with E-state index in [-0.39, 0.29) is 6.42 Å². The molecule has 0 amide bonds. The predicted octanol–water partition coefficient (Wildman–Crippen LogP) is 1.71. The summed E-state index contributed by atoms with van der Waals surface area (Å²) in [6.07, 6.45) is 3.99. The highest BCUT2D eigenvalue weighted by atomic mass is 16.5. The third-order valence-electron chi connectivity index (χ3n) is 3.51. The maximum absolute atomic E-state index is 10.7. The number of aromatic nitrogens is 2. The molecule has 2 heterocycles. The van der Waals surface area contributed by atoms with Gasteiger partial charge in [0.15, 0.2) is 5.82 Å². The lowest BCUT2D eigenvalue weighted by Crippen LogP contribution is -2.34. The Morgan fingerprint density at radius 1 is 1.47 bits per heavy atom. The van der Waals surface area contributed by atoms with E-state index in [4.69, 9.17) is 9.63 Å². The SMILES string of the molecule is CCCc1nc(CN2CCC(CC(=O)O)CC2)no1. The van der Waals surface area contributed by atoms with Crippen molar-refractivity contribution in [3.8, 4) is 0 Å². The van der Waals surface area contributed by atoms with Crippen molar-refractivity contribution in [1.29, 1.82) is 0 Å². The predicted molar refractivity (Wildman–Crippen MR) is 68.5 cm³/mol. The van der Waals surface area contributed by atoms with Crippen LogP contribution in [0.1, 0.15) is 44.3 Å². The fourth-order valence-electron chi connectivity index (χ4n) is 2.47. The van der Waals surface area contributed by atoms with E-state index in [1.165, 1.54) is 0 Å². The first-order valence-corrected chi connectivity index (χ1v) is 6.93. The number of aryl methyl sites for hydroxylation is 1. The lowest BCUT2D eigenvalue weighted by Gasteiger charge is -2.30. The summed E-state index contributed by atoms with van der Waals surface area (Å²) in [6.45, 7) is 4.61. The van der Waals surface area contributed by atoms with Gasteiger partial charge < -0.3 is 9.63 Å². The zero-order chi connectivity index (χ0) is 13.7. The van der Waals surface area contributed by atoms with Crippen LogP contribution in [0.3, 0.4) is 0 Å². The first-order valence-electron chi connectivity index (χ1n) is 6.93. The number of rotatable bonds is 6. The Morgan fingerprint density at radius 3 is 2.84 bits per heavy atom. The number of carbonyl (C=O) groups is 1. The van der Waals surface area contributed by atoms with E-state index < -0.39 is 5.97 Å². The molecule has 2 rings (SSSR count). The summed E-state index contributed by atoms with van der Waals surface area (Å²) in [7, 11) is 0. The third-order valence-corrected chi connectivity index (χ3v) is 3.51. The molecule has 0 aromatic carbocycles. The van der Waals surface area contributed by atoms with Gasteiger partial charge in [-0.2, -0.15) is 4.98 Å². The van der Waals surface area contributed by atoms with Gasteiger partial charge in [-0.25, -0.2) is 0 Å². The Labute approximate surface area is 112 Å². The molecule has 1 aliphatic rings. The molecule has 6 heteroatoms. The van der Waals surface area contributed by atoms with Gasteiger partial charge in [0.1, 0.15) is 0 Å². The van der Waals surface area contributed by atoms with Gasteiger partial charge in [0.25, 0.3) is 0 Å². The minimum Gasteiger partial charge on any atom is -0.481 e. The van der Waals surface area contributed by atoms with Gasteiger partial charge in [0, 0.05) is 12.8 Å². The molecule has 1 N–H and O–H groups in total. The average molecular weight is 267 g/mol. The molecule has 1 saturated heterocycles. The van der Waals surface area contributed by atoms with Crippen LogP contribution in [-0.4, -0.2) is 39.2 Å². The zero-order valence-electron chi connectivity index (χ0n) is 11.3. The Bertz CT molecular complexity index is 411. The van der Waals surface area contributed by atoms with Crippen LogP contribution in [0.5, 0.6) is 0 Å². The van der Waals surface area contributed by atoms with Crippen LogP contribution in [0.2, 0.25) is 0 Å². The standard InChI is InChI=1S/C13H21N3O3/c1-2-3-12-14-11(15-19-12)9-16-6-4-10(5-7-16)8-13(17)18/h10H,2-9H2,1H3,(H,17,18). The van der Waals surface area contributed by atoms with Crippen LogP contribution >= 0.6 is 0 Å². The number of piperidine rings is 1. The second-order valence-electron chi connectivity index (χ2n) is 5.17. The number of hydrogen-bond donors (Lipinski definition) is 1. The monoisotopic (exact) mass is 267 g/mol. The van der Waals surface area contributed by atoms with Crippen molar-refractivity contribution in [3.63, 3.8) is 0 Å². The van der Waals surface area contributed by atoms with Crippen molar-refractivity contribution in [2.75, 3.05) is 13.1 Å². The van der Waals surface area contributed by atoms with E-state index in [1.54, 1.807) is 0 Å². The summed E-state index contributed by atoms with van der Waals surface area (Å²) < 4.78 is 5.15. The number of carboxylic acids is 1. The van der Waals surface area contributed by atoms with Crippen LogP contribution < -0.4 is 0 Å². The summed E-state index contributed by atoms with van der Waals surface area (Å²) in [4.78, 5) is 17.3. The van der Waals surface area contributed by atoms with E-state index in [1.807, 2.05) is 0 Å². The van der Waals surface area contributed by atoms with Crippen molar-refractivity contribution in [2.45, 2.75) is 45.6 Å². The van der Waals surface area contributed by atoms with Crippen molar-refractivity contribution in [1.82, 2.24) is 15.0 Å². The fourth-order valence-corrected chi connectivity index (χ4v) is 2.47. The molecule has 0 radical (unpaired) electrons. The highest BCUT2D eigenvalue weighted by Crippen LogP contribution is 2.21. The quantitative estimate of drug-likeness (QED) is 0.845. The molecule has 1 aromatic rings. The van der Waals surface area contributed by atoms with Gasteiger partial charge in [-0.15, -0.1) is 0 Å². The Hall–Kier alpha value is -1.43. The van der Waals surface area contributed by atoms with Crippen molar-refractivity contribution in [3.05, 3.63) is 11.7 Å². The molecule has 6 nitrogen and oxygen atoms in total. The molecule has 1 aromatic heterocycles. The lowest BCUT2D eigenvalue weighted by molar-refractivity contribution is -0.138. The highest BCUT2D eigenvalue weighted by molar-refractivity contribution is 5.67. The topological polar surface area (TPSA) is 79.5 Å². The van der Waals surface area contributed by atoms with Gasteiger partial charge in [-0.1, -0.05) is 12.1 Å². The van der Waals surface area contributed by atoms with Crippen molar-refractivity contribution in [2.24, 2.45) is 5.92 Å². The normalized spacial score (nSPS) is 17.7. The molecule has 0 bridgehead atoms. The third kappa shape index (κ3) is 4.31. The Balaban J connectivity index is 1.76. The average Bonchev–Trinajstić information content (AvgIpc) is 2.79. The Morgan fingerprint density at radius 2 is 2.21 bits per heavy atom. The van der Waals surface area contributed by atoms with E-state index in [0.717, 1.165) is 44.6 Å². The van der Waals surface area contributed by atoms with Crippen LogP contribution in [0.15, 0.2) is 4.52 Å². The molecular formula is C13H21N3O3. The molecule has 1 fully saturated rings. The van der Waals surface area contributed by atoms with Crippen LogP contribution in [0.25, 0.3) is 0 Å². The van der Waals surface area contributed by atoms with Crippen molar-refractivity contribution < 1.29 is 14.4 Å². The van der Waals surface area contributed by atoms with Gasteiger partial charge in [0.2, 0.25) is 5.89 Å². The van der Waals surface area contributed by atoms with Crippen LogP contribution in [0, 0.1) is 5.92 Å². The summed E-state index contributed by atoms with van der Waals surface area (Å²) >= 11 is 0. The largest absolute Gasteiger partial charge is 0.481 e. The maximum Gasteiger partial charge on any atom is 0.303 e. The van der Waals surface area contributed by atoms with Gasteiger partial charge in [-0.05, 0) is 38.3 Å². The van der Waals surface area contributed by atoms with Crippen molar-refractivity contribution >= 4 is 5.97 Å². The van der Waals surface area contributed by atoms with E-state index >= 15 is 0 Å². The van der Waals surface area contributed by atoms with Gasteiger partial charge in [0.05, 0.1) is 6.54 Å². The Kier molecular flexibility index (Phi) is 4.90. The molecule has 106 valence electrons. The van der Waals surface area contributed by atoms with Crippen LogP contribution in [-0.2, 0) is 17.8 Å². The molecule has 1 aliphatic heterocycles. The first-order chi connectivity index (χ1) is 9.17. The van der Waals surface area contributed by atoms with E-state index in [9.17, 15) is 4.79 Å². The molecule has 0 spiro atoms. The summed E-state index contributed by atoms with van der Waals surface area (Å²) in [5.74, 6) is 1.06. The minimum atomic E-state index is -0.694. The lowest BCUT2D eigenvalue weighted by atomic mass is 9.94. The second-order valence-corrected chi connectivity index (χ2v) is 5.17. The molecule has 0 aliphatic carbocycles. The summed E-state index contributed by atoms with van der Waals surface area (Å²) in [5, 5.41) is 12.7. The number of nitrogens with zero attached hydrogens (tertiary/aromatic N) is 3. The number of likely N-dealkylation sites (tertiary alicyclic amines) is 1. The number of aliphatic carboxylic acids is 1. The summed E-state index contributed by atoms with van der Waals surface area (Å²) in [5.41, 5.74) is 0. The van der Waals surface area contributed by atoms with E-state index in [2.05, 4.69) is 22.0 Å².